The first-order valence-electron chi connectivity index (χ1n) is 10.9. The number of piperidine rings is 1. The Morgan fingerprint density at radius 2 is 1.87 bits per heavy atom. The Labute approximate surface area is 182 Å². The number of nitrogens with one attached hydrogen (secondary N) is 1. The number of aryl methyl sites for hydroxylation is 1. The number of anilines is 2. The minimum Gasteiger partial charge on any atom is -0.355 e. The van der Waals surface area contributed by atoms with E-state index in [1.165, 1.54) is 19.2 Å². The third-order valence-corrected chi connectivity index (χ3v) is 6.41. The molecule has 0 aliphatic carbocycles. The largest absolute Gasteiger partial charge is 0.355 e. The number of nitrogens with zero attached hydrogens (tertiary/aromatic N) is 3. The molecule has 0 unspecified atom stereocenters. The van der Waals surface area contributed by atoms with Gasteiger partial charge in [-0.3, -0.25) is 9.59 Å². The van der Waals surface area contributed by atoms with E-state index in [9.17, 15) is 14.0 Å². The van der Waals surface area contributed by atoms with Gasteiger partial charge in [0, 0.05) is 38.6 Å². The maximum absolute atomic E-state index is 14.5. The zero-order valence-electron chi connectivity index (χ0n) is 18.4. The second-order valence-electron chi connectivity index (χ2n) is 9.16. The lowest BCUT2D eigenvalue weighted by atomic mass is 9.82. The number of hydrogen-bond donors (Lipinski definition) is 1. The summed E-state index contributed by atoms with van der Waals surface area (Å²) in [6.45, 7) is 6.73. The molecule has 0 radical (unpaired) electrons. The van der Waals surface area contributed by atoms with Crippen molar-refractivity contribution in [1.82, 2.24) is 15.2 Å². The molecule has 164 valence electrons. The molecule has 3 heterocycles. The van der Waals surface area contributed by atoms with Crippen LogP contribution in [0.25, 0.3) is 0 Å². The van der Waals surface area contributed by atoms with E-state index in [1.54, 1.807) is 12.3 Å². The van der Waals surface area contributed by atoms with Crippen LogP contribution in [-0.2, 0) is 6.42 Å². The summed E-state index contributed by atoms with van der Waals surface area (Å²) < 4.78 is 14.5. The van der Waals surface area contributed by atoms with Crippen LogP contribution in [0.3, 0.4) is 0 Å². The van der Waals surface area contributed by atoms with E-state index in [0.29, 0.717) is 17.8 Å². The normalized spacial score (nSPS) is 17.8. The summed E-state index contributed by atoms with van der Waals surface area (Å²) in [6, 6.07) is 6.54. The molecule has 1 N–H and O–H groups in total. The molecule has 6 nitrogen and oxygen atoms in total. The van der Waals surface area contributed by atoms with Gasteiger partial charge in [-0.05, 0) is 60.9 Å². The van der Waals surface area contributed by atoms with Crippen molar-refractivity contribution in [2.75, 3.05) is 31.6 Å². The van der Waals surface area contributed by atoms with E-state index < -0.39 is 11.7 Å². The van der Waals surface area contributed by atoms with Gasteiger partial charge in [0.25, 0.3) is 11.8 Å². The average molecular weight is 425 g/mol. The molecule has 4 rings (SSSR count). The summed E-state index contributed by atoms with van der Waals surface area (Å²) in [7, 11) is 1.48. The molecule has 2 amide bonds. The molecule has 31 heavy (non-hydrogen) atoms. The number of likely N-dealkylation sites (tertiary alicyclic amines) is 1. The number of carbonyl (C=O) groups excluding carboxylic acids is 2. The van der Waals surface area contributed by atoms with Crippen molar-refractivity contribution in [3.63, 3.8) is 0 Å². The zero-order chi connectivity index (χ0) is 22.2. The summed E-state index contributed by atoms with van der Waals surface area (Å²) in [5.41, 5.74) is 2.55. The Morgan fingerprint density at radius 1 is 1.13 bits per heavy atom. The van der Waals surface area contributed by atoms with Gasteiger partial charge in [0.2, 0.25) is 0 Å². The molecule has 2 aromatic rings. The SMILES string of the molecule is CNC(=O)c1ccc(N2CCCc3cc(C(=O)N4CCC(C)(C)CC4)cnc32)cc1F. The number of hydrogen-bond acceptors (Lipinski definition) is 4. The van der Waals surface area contributed by atoms with Gasteiger partial charge in [0.05, 0.1) is 11.1 Å². The Morgan fingerprint density at radius 3 is 2.55 bits per heavy atom. The van der Waals surface area contributed by atoms with Crippen LogP contribution >= 0.6 is 0 Å². The van der Waals surface area contributed by atoms with Crippen LogP contribution < -0.4 is 10.2 Å². The van der Waals surface area contributed by atoms with Crippen LogP contribution in [0.4, 0.5) is 15.9 Å². The third kappa shape index (κ3) is 4.27. The lowest BCUT2D eigenvalue weighted by Crippen LogP contribution is -2.41. The highest BCUT2D eigenvalue weighted by atomic mass is 19.1. The average Bonchev–Trinajstić information content (AvgIpc) is 2.77. The van der Waals surface area contributed by atoms with Gasteiger partial charge in [0.15, 0.2) is 0 Å². The first-order chi connectivity index (χ1) is 14.8. The fourth-order valence-electron chi connectivity index (χ4n) is 4.32. The van der Waals surface area contributed by atoms with Gasteiger partial charge in [0.1, 0.15) is 11.6 Å². The Balaban J connectivity index is 1.57. The topological polar surface area (TPSA) is 65.5 Å². The van der Waals surface area contributed by atoms with Crippen molar-refractivity contribution in [1.29, 1.82) is 0 Å². The molecule has 1 saturated heterocycles. The molecule has 1 aromatic carbocycles. The van der Waals surface area contributed by atoms with Crippen LogP contribution in [-0.4, -0.2) is 48.4 Å². The third-order valence-electron chi connectivity index (χ3n) is 6.41. The van der Waals surface area contributed by atoms with Crippen molar-refractivity contribution < 1.29 is 14.0 Å². The molecule has 0 saturated carbocycles. The number of aromatic nitrogens is 1. The molecule has 1 fully saturated rings. The maximum Gasteiger partial charge on any atom is 0.255 e. The fourth-order valence-corrected chi connectivity index (χ4v) is 4.32. The summed E-state index contributed by atoms with van der Waals surface area (Å²) in [5.74, 6) is -0.243. The predicted octanol–water partition coefficient (Wildman–Crippen LogP) is 3.93. The summed E-state index contributed by atoms with van der Waals surface area (Å²) in [5, 5.41) is 2.44. The molecule has 1 aromatic heterocycles. The van der Waals surface area contributed by atoms with Gasteiger partial charge in [-0.25, -0.2) is 9.37 Å². The van der Waals surface area contributed by atoms with E-state index in [0.717, 1.165) is 50.2 Å². The second-order valence-corrected chi connectivity index (χ2v) is 9.16. The van der Waals surface area contributed by atoms with Gasteiger partial charge >= 0.3 is 0 Å². The highest BCUT2D eigenvalue weighted by Crippen LogP contribution is 2.34. The van der Waals surface area contributed by atoms with Gasteiger partial charge < -0.3 is 15.1 Å². The predicted molar refractivity (Wildman–Crippen MR) is 118 cm³/mol. The number of halogens is 1. The number of fused-ring (bicyclic) bond motifs is 1. The summed E-state index contributed by atoms with van der Waals surface area (Å²) in [6.07, 6.45) is 5.34. The second kappa shape index (κ2) is 8.29. The highest BCUT2D eigenvalue weighted by molar-refractivity contribution is 5.95. The lowest BCUT2D eigenvalue weighted by molar-refractivity contribution is 0.0629. The van der Waals surface area contributed by atoms with Crippen LogP contribution in [0.5, 0.6) is 0 Å². The number of benzene rings is 1. The molecule has 2 aliphatic heterocycles. The van der Waals surface area contributed by atoms with Crippen LogP contribution in [0, 0.1) is 11.2 Å². The van der Waals surface area contributed by atoms with Crippen LogP contribution in [0.1, 0.15) is 59.4 Å². The van der Waals surface area contributed by atoms with Crippen molar-refractivity contribution in [2.24, 2.45) is 5.41 Å². The smallest absolute Gasteiger partial charge is 0.255 e. The lowest BCUT2D eigenvalue weighted by Gasteiger charge is -2.37. The van der Waals surface area contributed by atoms with E-state index in [2.05, 4.69) is 24.1 Å². The molecule has 0 spiro atoms. The molecular weight excluding hydrogens is 395 g/mol. The van der Waals surface area contributed by atoms with Gasteiger partial charge in [-0.1, -0.05) is 13.8 Å². The fraction of sp³-hybridized carbons (Fsp3) is 0.458. The highest BCUT2D eigenvalue weighted by Gasteiger charge is 2.29. The molecule has 0 bridgehead atoms. The zero-order valence-corrected chi connectivity index (χ0v) is 18.4. The number of amides is 2. The van der Waals surface area contributed by atoms with E-state index in [-0.39, 0.29) is 16.9 Å². The van der Waals surface area contributed by atoms with Gasteiger partial charge in [-0.2, -0.15) is 0 Å². The van der Waals surface area contributed by atoms with E-state index in [1.807, 2.05) is 15.9 Å². The van der Waals surface area contributed by atoms with Crippen molar-refractivity contribution in [2.45, 2.75) is 39.5 Å². The van der Waals surface area contributed by atoms with E-state index in [4.69, 9.17) is 0 Å². The molecule has 2 aliphatic rings. The van der Waals surface area contributed by atoms with Crippen molar-refractivity contribution >= 4 is 23.3 Å². The summed E-state index contributed by atoms with van der Waals surface area (Å²) in [4.78, 5) is 33.3. The van der Waals surface area contributed by atoms with Crippen molar-refractivity contribution in [3.05, 3.63) is 53.0 Å². The van der Waals surface area contributed by atoms with E-state index >= 15 is 0 Å². The summed E-state index contributed by atoms with van der Waals surface area (Å²) >= 11 is 0. The first kappa shape index (κ1) is 21.3. The molecule has 7 heteroatoms. The number of carbonyl (C=O) groups is 2. The standard InChI is InChI=1S/C24H29FN4O2/c1-24(2)8-11-28(12-9-24)23(31)17-13-16-5-4-10-29(21(16)27-15-17)18-6-7-19(20(25)14-18)22(30)26-3/h6-7,13-15H,4-5,8-12H2,1-3H3,(H,26,30). The molecule has 0 atom stereocenters. The number of pyridine rings is 1. The maximum atomic E-state index is 14.5. The Kier molecular flexibility index (Phi) is 5.69. The minimum atomic E-state index is -0.566. The first-order valence-corrected chi connectivity index (χ1v) is 10.9. The minimum absolute atomic E-state index is 0.0158. The Bertz CT molecular complexity index is 1010. The quantitative estimate of drug-likeness (QED) is 0.811. The van der Waals surface area contributed by atoms with Gasteiger partial charge in [-0.15, -0.1) is 0 Å². The monoisotopic (exact) mass is 424 g/mol. The Hall–Kier alpha value is -2.96. The number of rotatable bonds is 3. The van der Waals surface area contributed by atoms with Crippen LogP contribution in [0.2, 0.25) is 0 Å². The van der Waals surface area contributed by atoms with Crippen molar-refractivity contribution in [3.8, 4) is 0 Å². The molecular formula is C24H29FN4O2. The van der Waals surface area contributed by atoms with Crippen LogP contribution in [0.15, 0.2) is 30.5 Å².